The Balaban J connectivity index is 1.72. The standard InChI is InChI=1S/C16H23FN2OS/c1-18-11-13-3-2-9-19(12-13)16(20)8-10-21-15-6-4-14(17)5-7-15/h4-7,13,18H,2-3,8-12H2,1H3. The Morgan fingerprint density at radius 3 is 2.90 bits per heavy atom. The van der Waals surface area contributed by atoms with Crippen LogP contribution in [0.15, 0.2) is 29.2 Å². The molecule has 1 heterocycles. The summed E-state index contributed by atoms with van der Waals surface area (Å²) >= 11 is 1.61. The quantitative estimate of drug-likeness (QED) is 0.820. The number of benzene rings is 1. The summed E-state index contributed by atoms with van der Waals surface area (Å²) in [5, 5.41) is 3.19. The lowest BCUT2D eigenvalue weighted by atomic mass is 9.98. The number of thioether (sulfide) groups is 1. The summed E-state index contributed by atoms with van der Waals surface area (Å²) < 4.78 is 12.8. The number of nitrogens with one attached hydrogen (secondary N) is 1. The molecular formula is C16H23FN2OS. The van der Waals surface area contributed by atoms with Crippen LogP contribution in [0, 0.1) is 11.7 Å². The smallest absolute Gasteiger partial charge is 0.223 e. The lowest BCUT2D eigenvalue weighted by Crippen LogP contribution is -2.42. The van der Waals surface area contributed by atoms with E-state index in [1.807, 2.05) is 11.9 Å². The Bertz CT molecular complexity index is 450. The summed E-state index contributed by atoms with van der Waals surface area (Å²) in [5.74, 6) is 1.35. The van der Waals surface area contributed by atoms with E-state index in [-0.39, 0.29) is 11.7 Å². The van der Waals surface area contributed by atoms with Crippen LogP contribution in [0.5, 0.6) is 0 Å². The molecule has 0 aromatic heterocycles. The molecule has 5 heteroatoms. The van der Waals surface area contributed by atoms with E-state index in [4.69, 9.17) is 0 Å². The van der Waals surface area contributed by atoms with Crippen molar-refractivity contribution in [1.29, 1.82) is 0 Å². The van der Waals surface area contributed by atoms with Gasteiger partial charge in [-0.2, -0.15) is 0 Å². The fourth-order valence-electron chi connectivity index (χ4n) is 2.69. The minimum absolute atomic E-state index is 0.223. The average Bonchev–Trinajstić information content (AvgIpc) is 2.50. The molecule has 1 aromatic carbocycles. The van der Waals surface area contributed by atoms with Gasteiger partial charge in [0.1, 0.15) is 5.82 Å². The summed E-state index contributed by atoms with van der Waals surface area (Å²) in [7, 11) is 1.96. The van der Waals surface area contributed by atoms with E-state index in [0.29, 0.717) is 12.3 Å². The number of hydrogen-bond donors (Lipinski definition) is 1. The first kappa shape index (κ1) is 16.3. The molecule has 1 aliphatic rings. The third-order valence-corrected chi connectivity index (χ3v) is 4.78. The number of nitrogens with zero attached hydrogens (tertiary/aromatic N) is 1. The zero-order chi connectivity index (χ0) is 15.1. The molecule has 0 spiro atoms. The molecule has 0 bridgehead atoms. The molecule has 0 aliphatic carbocycles. The summed E-state index contributed by atoms with van der Waals surface area (Å²) in [6.45, 7) is 2.75. The molecule has 1 unspecified atom stereocenters. The van der Waals surface area contributed by atoms with E-state index in [2.05, 4.69) is 5.32 Å². The van der Waals surface area contributed by atoms with Crippen molar-refractivity contribution in [2.45, 2.75) is 24.2 Å². The number of halogens is 1. The van der Waals surface area contributed by atoms with E-state index in [1.54, 1.807) is 23.9 Å². The predicted octanol–water partition coefficient (Wildman–Crippen LogP) is 2.77. The van der Waals surface area contributed by atoms with Crippen molar-refractivity contribution in [2.75, 3.05) is 32.4 Å². The number of likely N-dealkylation sites (tertiary alicyclic amines) is 1. The van der Waals surface area contributed by atoms with Crippen molar-refractivity contribution in [3.63, 3.8) is 0 Å². The van der Waals surface area contributed by atoms with Crippen LogP contribution in [0.4, 0.5) is 4.39 Å². The van der Waals surface area contributed by atoms with Crippen molar-refractivity contribution >= 4 is 17.7 Å². The maximum absolute atomic E-state index is 12.8. The Labute approximate surface area is 130 Å². The highest BCUT2D eigenvalue weighted by atomic mass is 32.2. The first-order valence-electron chi connectivity index (χ1n) is 7.50. The normalized spacial score (nSPS) is 18.8. The summed E-state index contributed by atoms with van der Waals surface area (Å²) in [6.07, 6.45) is 2.85. The highest BCUT2D eigenvalue weighted by Gasteiger charge is 2.22. The molecule has 1 fully saturated rings. The van der Waals surface area contributed by atoms with E-state index in [0.717, 1.165) is 36.7 Å². The molecule has 1 aromatic rings. The Morgan fingerprint density at radius 2 is 2.19 bits per heavy atom. The molecule has 1 aliphatic heterocycles. The summed E-state index contributed by atoms with van der Waals surface area (Å²) in [5.41, 5.74) is 0. The van der Waals surface area contributed by atoms with Crippen molar-refractivity contribution in [2.24, 2.45) is 5.92 Å². The highest BCUT2D eigenvalue weighted by molar-refractivity contribution is 7.99. The maximum Gasteiger partial charge on any atom is 0.223 e. The average molecular weight is 310 g/mol. The third kappa shape index (κ3) is 5.32. The fraction of sp³-hybridized carbons (Fsp3) is 0.562. The van der Waals surface area contributed by atoms with E-state index in [1.165, 1.54) is 18.6 Å². The van der Waals surface area contributed by atoms with Crippen LogP contribution >= 0.6 is 11.8 Å². The Kier molecular flexibility index (Phi) is 6.51. The molecule has 1 N–H and O–H groups in total. The number of hydrogen-bond acceptors (Lipinski definition) is 3. The van der Waals surface area contributed by atoms with E-state index >= 15 is 0 Å². The van der Waals surface area contributed by atoms with Gasteiger partial charge in [0, 0.05) is 30.2 Å². The number of carbonyl (C=O) groups excluding carboxylic acids is 1. The van der Waals surface area contributed by atoms with Gasteiger partial charge in [-0.25, -0.2) is 4.39 Å². The van der Waals surface area contributed by atoms with Gasteiger partial charge >= 0.3 is 0 Å². The fourth-order valence-corrected chi connectivity index (χ4v) is 3.53. The van der Waals surface area contributed by atoms with Crippen molar-refractivity contribution in [3.05, 3.63) is 30.1 Å². The number of piperidine rings is 1. The molecule has 0 saturated carbocycles. The largest absolute Gasteiger partial charge is 0.342 e. The van der Waals surface area contributed by atoms with Crippen molar-refractivity contribution in [3.8, 4) is 0 Å². The van der Waals surface area contributed by atoms with E-state index in [9.17, 15) is 9.18 Å². The molecule has 1 amide bonds. The maximum atomic E-state index is 12.8. The molecule has 1 atom stereocenters. The molecule has 2 rings (SSSR count). The van der Waals surface area contributed by atoms with Gasteiger partial charge in [-0.1, -0.05) is 0 Å². The van der Waals surface area contributed by atoms with Gasteiger partial charge in [-0.05, 0) is 56.6 Å². The van der Waals surface area contributed by atoms with Crippen molar-refractivity contribution in [1.82, 2.24) is 10.2 Å². The zero-order valence-corrected chi connectivity index (χ0v) is 13.3. The summed E-state index contributed by atoms with van der Waals surface area (Å²) in [6, 6.07) is 6.43. The predicted molar refractivity (Wildman–Crippen MR) is 85.0 cm³/mol. The topological polar surface area (TPSA) is 32.3 Å². The van der Waals surface area contributed by atoms with Crippen LogP contribution in [0.25, 0.3) is 0 Å². The highest BCUT2D eigenvalue weighted by Crippen LogP contribution is 2.21. The molecule has 21 heavy (non-hydrogen) atoms. The molecule has 3 nitrogen and oxygen atoms in total. The van der Waals surface area contributed by atoms with Crippen molar-refractivity contribution < 1.29 is 9.18 Å². The van der Waals surface area contributed by atoms with Crippen LogP contribution in [0.3, 0.4) is 0 Å². The van der Waals surface area contributed by atoms with Gasteiger partial charge in [0.15, 0.2) is 0 Å². The summed E-state index contributed by atoms with van der Waals surface area (Å²) in [4.78, 5) is 15.2. The van der Waals surface area contributed by atoms with Gasteiger partial charge in [0.2, 0.25) is 5.91 Å². The zero-order valence-electron chi connectivity index (χ0n) is 12.5. The SMILES string of the molecule is CNCC1CCCN(C(=O)CCSc2ccc(F)cc2)C1. The minimum atomic E-state index is -0.223. The second-order valence-corrected chi connectivity index (χ2v) is 6.63. The van der Waals surface area contributed by atoms with Crippen LogP contribution in [0.1, 0.15) is 19.3 Å². The molecule has 0 radical (unpaired) electrons. The lowest BCUT2D eigenvalue weighted by Gasteiger charge is -2.32. The third-order valence-electron chi connectivity index (χ3n) is 3.76. The number of carbonyl (C=O) groups is 1. The Hall–Kier alpha value is -1.07. The monoisotopic (exact) mass is 310 g/mol. The van der Waals surface area contributed by atoms with Crippen LogP contribution in [-0.2, 0) is 4.79 Å². The number of amides is 1. The van der Waals surface area contributed by atoms with Crippen LogP contribution in [-0.4, -0.2) is 43.2 Å². The molecule has 116 valence electrons. The number of rotatable bonds is 6. The second kappa shape index (κ2) is 8.39. The van der Waals surface area contributed by atoms with Gasteiger partial charge < -0.3 is 10.2 Å². The second-order valence-electron chi connectivity index (χ2n) is 5.46. The Morgan fingerprint density at radius 1 is 1.43 bits per heavy atom. The first-order chi connectivity index (χ1) is 10.2. The van der Waals surface area contributed by atoms with Gasteiger partial charge in [-0.3, -0.25) is 4.79 Å². The molecule has 1 saturated heterocycles. The van der Waals surface area contributed by atoms with Gasteiger partial charge in [0.25, 0.3) is 0 Å². The van der Waals surface area contributed by atoms with Crippen LogP contribution in [0.2, 0.25) is 0 Å². The molecular weight excluding hydrogens is 287 g/mol. The minimum Gasteiger partial charge on any atom is -0.342 e. The first-order valence-corrected chi connectivity index (χ1v) is 8.48. The lowest BCUT2D eigenvalue weighted by molar-refractivity contribution is -0.132. The van der Waals surface area contributed by atoms with Gasteiger partial charge in [-0.15, -0.1) is 11.8 Å². The van der Waals surface area contributed by atoms with Gasteiger partial charge in [0.05, 0.1) is 0 Å². The van der Waals surface area contributed by atoms with E-state index < -0.39 is 0 Å². The van der Waals surface area contributed by atoms with Crippen LogP contribution < -0.4 is 5.32 Å².